The van der Waals surface area contributed by atoms with E-state index in [0.717, 1.165) is 18.2 Å². The van der Waals surface area contributed by atoms with E-state index in [1.165, 1.54) is 95.7 Å². The van der Waals surface area contributed by atoms with Gasteiger partial charge >= 0.3 is 0 Å². The van der Waals surface area contributed by atoms with Crippen LogP contribution in [-0.4, -0.2) is 25.2 Å². The van der Waals surface area contributed by atoms with Crippen molar-refractivity contribution >= 4 is 0 Å². The third kappa shape index (κ3) is 25.7. The number of ether oxygens (including phenoxy) is 1. The number of piperidine rings is 1. The zero-order valence-electron chi connectivity index (χ0n) is 26.2. The normalized spacial score (nSPS) is 16.3. The fourth-order valence-corrected chi connectivity index (χ4v) is 4.43. The molecule has 0 aromatic rings. The Labute approximate surface area is 248 Å². The van der Waals surface area contributed by atoms with Gasteiger partial charge in [-0.1, -0.05) is 84.8 Å². The first-order valence-electron chi connectivity index (χ1n) is 15.1. The summed E-state index contributed by atoms with van der Waals surface area (Å²) in [6.45, 7) is 29.4. The van der Waals surface area contributed by atoms with Crippen molar-refractivity contribution in [3.05, 3.63) is 31.2 Å². The standard InChI is InChI=1S/C14H28N.C11H21NO.C5H11N.C2H6.W/c1-6-7-8-13(9-10-15)11-14(4,5)12(2)3;1-9(2)12-10(3)13-11-7-5-4-6-8-11;1-2-4-6-5-3-1;1-2;/h10,13H,2,6-9,11,15H2,1,3-5H3;9,11-12H,3-8H2,1-2H3;6H,1-5H2;1-2H3;/q-1;;;;. The quantitative estimate of drug-likeness (QED) is 0.109. The average molecular weight is 693 g/mol. The van der Waals surface area contributed by atoms with Gasteiger partial charge in [0.25, 0.3) is 0 Å². The number of hydrogen-bond acceptors (Lipinski definition) is 4. The summed E-state index contributed by atoms with van der Waals surface area (Å²) in [6, 6.07) is 0.413. The molecule has 1 aliphatic heterocycles. The van der Waals surface area contributed by atoms with E-state index in [-0.39, 0.29) is 26.5 Å². The number of nitrogens with one attached hydrogen (secondary N) is 2. The van der Waals surface area contributed by atoms with Crippen LogP contribution in [-0.2, 0) is 25.8 Å². The van der Waals surface area contributed by atoms with Crippen molar-refractivity contribution in [2.45, 2.75) is 151 Å². The molecule has 0 aromatic carbocycles. The molecule has 1 saturated carbocycles. The minimum Gasteiger partial charge on any atom is -0.483 e. The number of nitrogens with two attached hydrogens (primary N) is 1. The molecule has 4 nitrogen and oxygen atoms in total. The molecule has 222 valence electrons. The Bertz CT molecular complexity index is 501. The van der Waals surface area contributed by atoms with Crippen LogP contribution in [0.5, 0.6) is 0 Å². The molecule has 1 unspecified atom stereocenters. The van der Waals surface area contributed by atoms with E-state index in [9.17, 15) is 0 Å². The summed E-state index contributed by atoms with van der Waals surface area (Å²) in [5.74, 6) is 1.46. The topological polar surface area (TPSA) is 59.3 Å². The van der Waals surface area contributed by atoms with Crippen molar-refractivity contribution in [1.29, 1.82) is 0 Å². The van der Waals surface area contributed by atoms with E-state index in [1.54, 1.807) is 0 Å². The summed E-state index contributed by atoms with van der Waals surface area (Å²) < 4.78 is 5.70. The van der Waals surface area contributed by atoms with E-state index in [2.05, 4.69) is 65.3 Å². The van der Waals surface area contributed by atoms with Crippen LogP contribution >= 0.6 is 0 Å². The maximum Gasteiger partial charge on any atom is 0.179 e. The second-order valence-electron chi connectivity index (χ2n) is 11.3. The fourth-order valence-electron chi connectivity index (χ4n) is 4.43. The van der Waals surface area contributed by atoms with Gasteiger partial charge in [-0.25, -0.2) is 0 Å². The second kappa shape index (κ2) is 27.3. The molecule has 2 fully saturated rings. The number of allylic oxidation sites excluding steroid dienone is 1. The monoisotopic (exact) mass is 692 g/mol. The van der Waals surface area contributed by atoms with Gasteiger partial charge in [0, 0.05) is 27.1 Å². The molecule has 0 amide bonds. The van der Waals surface area contributed by atoms with Crippen LogP contribution in [0, 0.1) is 17.9 Å². The average Bonchev–Trinajstić information content (AvgIpc) is 2.85. The van der Waals surface area contributed by atoms with E-state index in [4.69, 9.17) is 10.5 Å². The Morgan fingerprint density at radius 2 is 1.59 bits per heavy atom. The molecular weight excluding hydrogens is 626 g/mol. The van der Waals surface area contributed by atoms with Crippen LogP contribution in [0.2, 0.25) is 0 Å². The van der Waals surface area contributed by atoms with Crippen LogP contribution in [0.4, 0.5) is 0 Å². The van der Waals surface area contributed by atoms with Crippen LogP contribution in [0.3, 0.4) is 0 Å². The molecular formula is C32H66N3OW-. The summed E-state index contributed by atoms with van der Waals surface area (Å²) in [7, 11) is 0. The van der Waals surface area contributed by atoms with Crippen molar-refractivity contribution in [3.63, 3.8) is 0 Å². The van der Waals surface area contributed by atoms with Crippen LogP contribution in [0.25, 0.3) is 0 Å². The third-order valence-corrected chi connectivity index (χ3v) is 6.91. The first-order chi connectivity index (χ1) is 17.1. The van der Waals surface area contributed by atoms with Gasteiger partial charge in [-0.3, -0.25) is 6.54 Å². The van der Waals surface area contributed by atoms with Crippen molar-refractivity contribution in [2.24, 2.45) is 17.1 Å². The van der Waals surface area contributed by atoms with Crippen molar-refractivity contribution in [3.8, 4) is 0 Å². The molecule has 5 heteroatoms. The summed E-state index contributed by atoms with van der Waals surface area (Å²) in [5.41, 5.74) is 7.08. The minimum absolute atomic E-state index is 0. The molecule has 0 spiro atoms. The second-order valence-corrected chi connectivity index (χ2v) is 11.3. The zero-order valence-corrected chi connectivity index (χ0v) is 29.2. The molecule has 2 rings (SSSR count). The largest absolute Gasteiger partial charge is 0.483 e. The fraction of sp³-hybridized carbons (Fsp3) is 0.844. The van der Waals surface area contributed by atoms with Gasteiger partial charge in [0.1, 0.15) is 6.10 Å². The van der Waals surface area contributed by atoms with E-state index in [0.29, 0.717) is 12.1 Å². The zero-order chi connectivity index (χ0) is 27.8. The Hall–Kier alpha value is -0.312. The Kier molecular flexibility index (Phi) is 30.3. The van der Waals surface area contributed by atoms with Gasteiger partial charge in [0.05, 0.1) is 0 Å². The van der Waals surface area contributed by atoms with E-state index < -0.39 is 0 Å². The molecule has 2 aliphatic rings. The van der Waals surface area contributed by atoms with Crippen molar-refractivity contribution < 1.29 is 25.8 Å². The molecule has 0 radical (unpaired) electrons. The minimum atomic E-state index is 0. The Morgan fingerprint density at radius 3 is 1.97 bits per heavy atom. The van der Waals surface area contributed by atoms with Gasteiger partial charge in [-0.15, -0.1) is 0 Å². The molecule has 1 saturated heterocycles. The Morgan fingerprint density at radius 1 is 1.05 bits per heavy atom. The predicted octanol–water partition coefficient (Wildman–Crippen LogP) is 8.88. The SMILES string of the molecule is C1CCNCC1.C=C(C)C(C)(C)CC(C[CH-]N)CCCC.C=C(NC(C)C)OC1CCCCC1.CC.[W]. The maximum atomic E-state index is 5.70. The predicted molar refractivity (Wildman–Crippen MR) is 163 cm³/mol. The van der Waals surface area contributed by atoms with Crippen LogP contribution in [0.15, 0.2) is 24.6 Å². The molecule has 0 bridgehead atoms. The van der Waals surface area contributed by atoms with Crippen LogP contribution in [0.1, 0.15) is 139 Å². The van der Waals surface area contributed by atoms with Gasteiger partial charge < -0.3 is 21.1 Å². The Balaban J connectivity index is -0.000000476. The first-order valence-corrected chi connectivity index (χ1v) is 15.1. The van der Waals surface area contributed by atoms with E-state index >= 15 is 0 Å². The maximum absolute atomic E-state index is 5.70. The van der Waals surface area contributed by atoms with Crippen LogP contribution < -0.4 is 16.4 Å². The van der Waals surface area contributed by atoms with Gasteiger partial charge in [-0.2, -0.15) is 6.42 Å². The van der Waals surface area contributed by atoms with Crippen molar-refractivity contribution in [2.75, 3.05) is 13.1 Å². The molecule has 1 heterocycles. The number of hydrogen-bond donors (Lipinski definition) is 3. The summed E-state index contributed by atoms with van der Waals surface area (Å²) in [4.78, 5) is 0. The summed E-state index contributed by atoms with van der Waals surface area (Å²) in [5, 5.41) is 6.46. The van der Waals surface area contributed by atoms with Gasteiger partial charge in [-0.05, 0) is 90.8 Å². The first kappa shape index (κ1) is 41.2. The number of unbranched alkanes of at least 4 members (excludes halogenated alkanes) is 1. The molecule has 1 aliphatic carbocycles. The summed E-state index contributed by atoms with van der Waals surface area (Å²) in [6.07, 6.45) is 17.1. The molecule has 1 atom stereocenters. The van der Waals surface area contributed by atoms with Crippen molar-refractivity contribution in [1.82, 2.24) is 10.6 Å². The molecule has 0 aromatic heterocycles. The smallest absolute Gasteiger partial charge is 0.179 e. The molecule has 4 N–H and O–H groups in total. The number of rotatable bonds is 12. The van der Waals surface area contributed by atoms with Gasteiger partial charge in [0.2, 0.25) is 0 Å². The summed E-state index contributed by atoms with van der Waals surface area (Å²) >= 11 is 0. The van der Waals surface area contributed by atoms with Gasteiger partial charge in [0.15, 0.2) is 5.88 Å². The van der Waals surface area contributed by atoms with E-state index in [1.807, 2.05) is 20.4 Å². The third-order valence-electron chi connectivity index (χ3n) is 6.91. The molecule has 37 heavy (non-hydrogen) atoms.